The predicted molar refractivity (Wildman–Crippen MR) is 107 cm³/mol. The van der Waals surface area contributed by atoms with Crippen molar-refractivity contribution in [2.24, 2.45) is 0 Å². The van der Waals surface area contributed by atoms with Crippen LogP contribution < -0.4 is 5.56 Å². The van der Waals surface area contributed by atoms with Crippen molar-refractivity contribution in [2.45, 2.75) is 39.3 Å². The van der Waals surface area contributed by atoms with Crippen LogP contribution in [0.4, 0.5) is 26.3 Å². The summed E-state index contributed by atoms with van der Waals surface area (Å²) in [7, 11) is 0. The predicted octanol–water partition coefficient (Wildman–Crippen LogP) is 4.46. The quantitative estimate of drug-likeness (QED) is 0.524. The molecule has 0 aliphatic rings. The average molecular weight is 492 g/mol. The van der Waals surface area contributed by atoms with Crippen LogP contribution in [-0.2, 0) is 22.7 Å². The molecular formula is C21H18F6N2O5. The summed E-state index contributed by atoms with van der Waals surface area (Å²) >= 11 is 0. The van der Waals surface area contributed by atoms with Gasteiger partial charge in [-0.3, -0.25) is 9.59 Å². The lowest BCUT2D eigenvalue weighted by Gasteiger charge is -2.22. The maximum atomic E-state index is 13.0. The van der Waals surface area contributed by atoms with E-state index in [2.05, 4.69) is 4.98 Å². The van der Waals surface area contributed by atoms with Crippen LogP contribution in [0, 0.1) is 13.8 Å². The molecule has 0 aliphatic carbocycles. The Kier molecular flexibility index (Phi) is 7.80. The van der Waals surface area contributed by atoms with E-state index in [1.807, 2.05) is 19.9 Å². The third-order valence-electron chi connectivity index (χ3n) is 4.69. The highest BCUT2D eigenvalue weighted by Gasteiger charge is 2.43. The summed E-state index contributed by atoms with van der Waals surface area (Å²) in [6.07, 6.45) is -8.83. The summed E-state index contributed by atoms with van der Waals surface area (Å²) in [6.45, 7) is 2.87. The number of hydrogen-bond donors (Lipinski definition) is 2. The van der Waals surface area contributed by atoms with Gasteiger partial charge in [0.05, 0.1) is 24.9 Å². The maximum absolute atomic E-state index is 13.0. The molecule has 0 saturated heterocycles. The number of halogens is 6. The molecule has 0 saturated carbocycles. The molecule has 0 unspecified atom stereocenters. The minimum atomic E-state index is -5.08. The number of nitrogens with zero attached hydrogens (tertiary/aromatic N) is 1. The Bertz CT molecular complexity index is 1230. The largest absolute Gasteiger partial charge is 0.490 e. The van der Waals surface area contributed by atoms with Crippen molar-refractivity contribution in [1.29, 1.82) is 0 Å². The van der Waals surface area contributed by atoms with Crippen molar-refractivity contribution < 1.29 is 45.5 Å². The normalized spacial score (nSPS) is 11.6. The number of benzene rings is 1. The molecule has 0 atom stereocenters. The van der Waals surface area contributed by atoms with Gasteiger partial charge >= 0.3 is 24.2 Å². The van der Waals surface area contributed by atoms with E-state index in [9.17, 15) is 35.9 Å². The lowest BCUT2D eigenvalue weighted by Crippen LogP contribution is -2.41. The number of H-pyrrole nitrogens is 1. The van der Waals surface area contributed by atoms with Gasteiger partial charge < -0.3 is 19.4 Å². The lowest BCUT2D eigenvalue weighted by molar-refractivity contribution is -0.192. The van der Waals surface area contributed by atoms with E-state index >= 15 is 0 Å². The van der Waals surface area contributed by atoms with Crippen molar-refractivity contribution in [3.05, 3.63) is 69.4 Å². The number of nitrogens with one attached hydrogen (secondary N) is 1. The minimum Gasteiger partial charge on any atom is -0.475 e. The van der Waals surface area contributed by atoms with Crippen molar-refractivity contribution in [2.75, 3.05) is 0 Å². The summed E-state index contributed by atoms with van der Waals surface area (Å²) in [4.78, 5) is 36.4. The Hall–Kier alpha value is -3.77. The number of aromatic nitrogens is 1. The fourth-order valence-electron chi connectivity index (χ4n) is 2.86. The molecule has 2 N–H and O–H groups in total. The van der Waals surface area contributed by atoms with E-state index in [1.54, 1.807) is 6.07 Å². The van der Waals surface area contributed by atoms with Crippen LogP contribution in [0.1, 0.15) is 22.5 Å². The fourth-order valence-corrected chi connectivity index (χ4v) is 2.86. The molecule has 184 valence electrons. The van der Waals surface area contributed by atoms with Gasteiger partial charge in [-0.25, -0.2) is 4.79 Å². The summed E-state index contributed by atoms with van der Waals surface area (Å²) in [5.74, 6) is -4.60. The molecule has 0 spiro atoms. The third kappa shape index (κ3) is 6.62. The Balaban J connectivity index is 0.000000509. The number of aryl methyl sites for hydroxylation is 2. The molecule has 0 aliphatic heterocycles. The molecule has 3 aromatic rings. The van der Waals surface area contributed by atoms with Crippen molar-refractivity contribution in [3.63, 3.8) is 0 Å². The van der Waals surface area contributed by atoms with Crippen LogP contribution >= 0.6 is 0 Å². The number of aliphatic carboxylic acids is 1. The number of rotatable bonds is 4. The van der Waals surface area contributed by atoms with Gasteiger partial charge in [0, 0.05) is 5.56 Å². The molecule has 2 heterocycles. The Labute approximate surface area is 187 Å². The number of fused-ring (bicyclic) bond motifs is 1. The first kappa shape index (κ1) is 26.5. The molecular weight excluding hydrogens is 474 g/mol. The van der Waals surface area contributed by atoms with Gasteiger partial charge in [-0.2, -0.15) is 26.3 Å². The number of furan rings is 1. The zero-order valence-corrected chi connectivity index (χ0v) is 17.7. The molecule has 2 aromatic heterocycles. The van der Waals surface area contributed by atoms with Gasteiger partial charge in [-0.1, -0.05) is 12.1 Å². The SMILES string of the molecule is Cc1ccc2cc(CN(Cc3ccco3)C(=O)C(F)(F)F)c(=O)[nH]c2c1C.O=C(O)C(F)(F)F. The number of hydrogen-bond acceptors (Lipinski definition) is 4. The van der Waals surface area contributed by atoms with E-state index in [0.717, 1.165) is 11.1 Å². The second-order valence-corrected chi connectivity index (χ2v) is 7.14. The number of pyridine rings is 1. The zero-order valence-electron chi connectivity index (χ0n) is 17.7. The van der Waals surface area contributed by atoms with E-state index in [4.69, 9.17) is 14.3 Å². The van der Waals surface area contributed by atoms with Gasteiger partial charge in [0.2, 0.25) is 0 Å². The van der Waals surface area contributed by atoms with Crippen LogP contribution in [0.15, 0.2) is 45.8 Å². The first-order valence-corrected chi connectivity index (χ1v) is 9.42. The monoisotopic (exact) mass is 492 g/mol. The van der Waals surface area contributed by atoms with Gasteiger partial charge in [0.1, 0.15) is 5.76 Å². The van der Waals surface area contributed by atoms with Crippen LogP contribution in [0.25, 0.3) is 10.9 Å². The summed E-state index contributed by atoms with van der Waals surface area (Å²) in [5.41, 5.74) is 2.03. The highest BCUT2D eigenvalue weighted by atomic mass is 19.4. The van der Waals surface area contributed by atoms with Gasteiger partial charge in [-0.05, 0) is 48.6 Å². The van der Waals surface area contributed by atoms with E-state index in [1.165, 1.54) is 24.5 Å². The van der Waals surface area contributed by atoms with Crippen molar-refractivity contribution >= 4 is 22.8 Å². The molecule has 34 heavy (non-hydrogen) atoms. The molecule has 13 heteroatoms. The second kappa shape index (κ2) is 10.0. The first-order valence-electron chi connectivity index (χ1n) is 9.42. The Morgan fingerprint density at radius 1 is 1.03 bits per heavy atom. The molecule has 3 rings (SSSR count). The highest BCUT2D eigenvalue weighted by Crippen LogP contribution is 2.23. The minimum absolute atomic E-state index is 0.0647. The first-order chi connectivity index (χ1) is 15.6. The van der Waals surface area contributed by atoms with Crippen LogP contribution in [0.2, 0.25) is 0 Å². The topological polar surface area (TPSA) is 104 Å². The Morgan fingerprint density at radius 2 is 1.65 bits per heavy atom. The maximum Gasteiger partial charge on any atom is 0.490 e. The lowest BCUT2D eigenvalue weighted by atomic mass is 10.0. The van der Waals surface area contributed by atoms with E-state index < -0.39 is 42.9 Å². The summed E-state index contributed by atoms with van der Waals surface area (Å²) in [5, 5.41) is 7.81. The van der Waals surface area contributed by atoms with Crippen molar-refractivity contribution in [3.8, 4) is 0 Å². The van der Waals surface area contributed by atoms with Crippen LogP contribution in [0.5, 0.6) is 0 Å². The van der Waals surface area contributed by atoms with Gasteiger partial charge in [-0.15, -0.1) is 0 Å². The van der Waals surface area contributed by atoms with Gasteiger partial charge in [0.15, 0.2) is 0 Å². The van der Waals surface area contributed by atoms with E-state index in [-0.39, 0.29) is 11.3 Å². The van der Waals surface area contributed by atoms with Gasteiger partial charge in [0.25, 0.3) is 5.56 Å². The number of aromatic amines is 1. The third-order valence-corrected chi connectivity index (χ3v) is 4.69. The molecule has 7 nitrogen and oxygen atoms in total. The molecule has 1 amide bonds. The Morgan fingerprint density at radius 3 is 2.15 bits per heavy atom. The standard InChI is InChI=1S/C19H17F3N2O3.C2HF3O2/c1-11-5-6-13-8-14(17(25)23-16(13)12(11)2)9-24(18(26)19(20,21)22)10-15-4-3-7-27-15;3-2(4,5)1(6)7/h3-8H,9-10H2,1-2H3,(H,23,25);(H,6,7). The second-order valence-electron chi connectivity index (χ2n) is 7.14. The number of carbonyl (C=O) groups is 2. The van der Waals surface area contributed by atoms with Crippen molar-refractivity contribution in [1.82, 2.24) is 9.88 Å². The smallest absolute Gasteiger partial charge is 0.475 e. The number of amides is 1. The molecule has 1 aromatic carbocycles. The molecule has 0 fully saturated rings. The van der Waals surface area contributed by atoms with Crippen LogP contribution in [-0.4, -0.2) is 39.2 Å². The summed E-state index contributed by atoms with van der Waals surface area (Å²) < 4.78 is 75.7. The number of carboxylic acid groups (broad SMARTS) is 1. The summed E-state index contributed by atoms with van der Waals surface area (Å²) in [6, 6.07) is 8.13. The average Bonchev–Trinajstić information content (AvgIpc) is 3.23. The fraction of sp³-hybridized carbons (Fsp3) is 0.286. The number of alkyl halides is 6. The number of carbonyl (C=O) groups excluding carboxylic acids is 1. The molecule has 0 bridgehead atoms. The van der Waals surface area contributed by atoms with E-state index in [0.29, 0.717) is 15.8 Å². The molecule has 0 radical (unpaired) electrons. The zero-order chi connectivity index (χ0) is 25.8. The highest BCUT2D eigenvalue weighted by molar-refractivity contribution is 5.84. The number of carboxylic acids is 1. The van der Waals surface area contributed by atoms with Crippen LogP contribution in [0.3, 0.4) is 0 Å².